The Kier molecular flexibility index (Phi) is 5.31. The first kappa shape index (κ1) is 19.9. The molecule has 6 nitrogen and oxygen atoms in total. The molecule has 0 atom stereocenters. The first-order chi connectivity index (χ1) is 15.1. The van der Waals surface area contributed by atoms with Crippen LogP contribution < -0.4 is 10.6 Å². The summed E-state index contributed by atoms with van der Waals surface area (Å²) in [5.74, 6) is 0.736. The van der Waals surface area contributed by atoms with Gasteiger partial charge in [0, 0.05) is 23.2 Å². The molecule has 4 aromatic rings. The summed E-state index contributed by atoms with van der Waals surface area (Å²) in [5, 5.41) is 14.2. The van der Waals surface area contributed by atoms with E-state index in [0.717, 1.165) is 62.4 Å². The Morgan fingerprint density at radius 2 is 2.13 bits per heavy atom. The number of aromatic amines is 1. The third kappa shape index (κ3) is 3.87. The average Bonchev–Trinajstić information content (AvgIpc) is 3.41. The summed E-state index contributed by atoms with van der Waals surface area (Å²) < 4.78 is 0.763. The van der Waals surface area contributed by atoms with Crippen LogP contribution in [0.3, 0.4) is 0 Å². The molecule has 0 aromatic carbocycles. The van der Waals surface area contributed by atoms with Crippen LogP contribution in [-0.4, -0.2) is 33.3 Å². The molecule has 0 unspecified atom stereocenters. The molecule has 0 saturated heterocycles. The minimum absolute atomic E-state index is 0.646. The molecule has 4 aromatic heterocycles. The molecular formula is C23H21ClN6S. The van der Waals surface area contributed by atoms with Crippen molar-refractivity contribution in [3.05, 3.63) is 70.5 Å². The summed E-state index contributed by atoms with van der Waals surface area (Å²) in [6, 6.07) is 9.99. The maximum Gasteiger partial charge on any atom is 0.134 e. The van der Waals surface area contributed by atoms with Crippen molar-refractivity contribution in [3.8, 4) is 10.4 Å². The quantitative estimate of drug-likeness (QED) is 0.375. The molecule has 1 aliphatic rings. The lowest BCUT2D eigenvalue weighted by Gasteiger charge is -2.14. The molecule has 5 heterocycles. The number of H-pyrrole nitrogens is 1. The molecule has 0 saturated carbocycles. The van der Waals surface area contributed by atoms with Crippen molar-refractivity contribution in [2.24, 2.45) is 0 Å². The predicted octanol–water partition coefficient (Wildman–Crippen LogP) is 5.50. The molecule has 0 bridgehead atoms. The van der Waals surface area contributed by atoms with Gasteiger partial charge in [-0.25, -0.2) is 9.97 Å². The Labute approximate surface area is 189 Å². The highest BCUT2D eigenvalue weighted by Gasteiger charge is 2.16. The summed E-state index contributed by atoms with van der Waals surface area (Å²) in [6.45, 7) is 8.09. The number of pyridine rings is 2. The minimum atomic E-state index is 0.646. The summed E-state index contributed by atoms with van der Waals surface area (Å²) in [4.78, 5) is 10.5. The lowest BCUT2D eigenvalue weighted by atomic mass is 10.0. The topological polar surface area (TPSA) is 78.5 Å². The molecule has 0 aliphatic carbocycles. The van der Waals surface area contributed by atoms with Crippen molar-refractivity contribution in [1.29, 1.82) is 0 Å². The molecule has 0 amide bonds. The fraction of sp³-hybridized carbons (Fsp3) is 0.174. The van der Waals surface area contributed by atoms with Gasteiger partial charge < -0.3 is 10.6 Å². The largest absolute Gasteiger partial charge is 0.339 e. The van der Waals surface area contributed by atoms with Crippen molar-refractivity contribution < 1.29 is 0 Å². The number of halogens is 1. The van der Waals surface area contributed by atoms with Gasteiger partial charge in [0.2, 0.25) is 0 Å². The van der Waals surface area contributed by atoms with E-state index in [0.29, 0.717) is 11.4 Å². The number of nitrogens with one attached hydrogen (secondary N) is 3. The summed E-state index contributed by atoms with van der Waals surface area (Å²) >= 11 is 7.67. The van der Waals surface area contributed by atoms with Gasteiger partial charge in [-0.05, 0) is 61.4 Å². The molecule has 0 radical (unpaired) electrons. The van der Waals surface area contributed by atoms with Gasteiger partial charge in [0.05, 0.1) is 21.2 Å². The normalized spacial score (nSPS) is 13.9. The Morgan fingerprint density at radius 1 is 1.23 bits per heavy atom. The summed E-state index contributed by atoms with van der Waals surface area (Å²) in [7, 11) is 0. The fourth-order valence-electron chi connectivity index (χ4n) is 3.73. The molecule has 3 N–H and O–H groups in total. The van der Waals surface area contributed by atoms with Gasteiger partial charge in [0.25, 0.3) is 0 Å². The summed E-state index contributed by atoms with van der Waals surface area (Å²) in [5.41, 5.74) is 7.37. The third-order valence-electron chi connectivity index (χ3n) is 5.40. The number of rotatable bonds is 5. The zero-order chi connectivity index (χ0) is 21.4. The van der Waals surface area contributed by atoms with Crippen molar-refractivity contribution in [3.63, 3.8) is 0 Å². The van der Waals surface area contributed by atoms with Gasteiger partial charge in [-0.3, -0.25) is 5.10 Å². The second kappa shape index (κ2) is 8.26. The Bertz CT molecular complexity index is 1320. The van der Waals surface area contributed by atoms with Crippen LogP contribution in [0.15, 0.2) is 49.2 Å². The predicted molar refractivity (Wildman–Crippen MR) is 129 cm³/mol. The smallest absolute Gasteiger partial charge is 0.134 e. The lowest BCUT2D eigenvalue weighted by molar-refractivity contribution is 0.737. The maximum atomic E-state index is 6.13. The molecule has 1 aliphatic heterocycles. The molecule has 5 rings (SSSR count). The third-order valence-corrected chi connectivity index (χ3v) is 6.66. The van der Waals surface area contributed by atoms with Crippen molar-refractivity contribution in [1.82, 2.24) is 25.5 Å². The van der Waals surface area contributed by atoms with E-state index in [-0.39, 0.29) is 0 Å². The Hall–Kier alpha value is -3.00. The van der Waals surface area contributed by atoms with E-state index < -0.39 is 0 Å². The zero-order valence-corrected chi connectivity index (χ0v) is 18.6. The molecular weight excluding hydrogens is 428 g/mol. The fourth-order valence-corrected chi connectivity index (χ4v) is 4.86. The van der Waals surface area contributed by atoms with Gasteiger partial charge in [-0.1, -0.05) is 24.3 Å². The van der Waals surface area contributed by atoms with Crippen LogP contribution >= 0.6 is 22.9 Å². The van der Waals surface area contributed by atoms with Gasteiger partial charge in [-0.15, -0.1) is 11.3 Å². The number of fused-ring (bicyclic) bond motifs is 1. The van der Waals surface area contributed by atoms with Crippen LogP contribution in [0.25, 0.3) is 32.7 Å². The monoisotopic (exact) mass is 448 g/mol. The van der Waals surface area contributed by atoms with E-state index in [9.17, 15) is 0 Å². The van der Waals surface area contributed by atoms with Gasteiger partial charge in [0.1, 0.15) is 17.0 Å². The van der Waals surface area contributed by atoms with E-state index in [2.05, 4.69) is 38.5 Å². The van der Waals surface area contributed by atoms with Crippen LogP contribution in [0.4, 0.5) is 5.82 Å². The van der Waals surface area contributed by atoms with E-state index in [4.69, 9.17) is 16.6 Å². The zero-order valence-electron chi connectivity index (χ0n) is 17.0. The number of thiophene rings is 1. The van der Waals surface area contributed by atoms with E-state index in [1.54, 1.807) is 17.5 Å². The van der Waals surface area contributed by atoms with E-state index in [1.165, 1.54) is 5.57 Å². The number of nitrogens with zero attached hydrogens (tertiary/aromatic N) is 3. The van der Waals surface area contributed by atoms with Crippen LogP contribution in [0, 0.1) is 6.92 Å². The van der Waals surface area contributed by atoms with Crippen molar-refractivity contribution in [2.45, 2.75) is 13.3 Å². The summed E-state index contributed by atoms with van der Waals surface area (Å²) in [6.07, 6.45) is 4.95. The highest BCUT2D eigenvalue weighted by Crippen LogP contribution is 2.35. The van der Waals surface area contributed by atoms with Crippen LogP contribution in [-0.2, 0) is 0 Å². The number of aromatic nitrogens is 4. The lowest BCUT2D eigenvalue weighted by Crippen LogP contribution is -2.20. The van der Waals surface area contributed by atoms with Crippen molar-refractivity contribution >= 4 is 51.1 Å². The number of hydrogen-bond acceptors (Lipinski definition) is 6. The second-order valence-corrected chi connectivity index (χ2v) is 9.10. The van der Waals surface area contributed by atoms with Crippen molar-refractivity contribution in [2.75, 3.05) is 18.4 Å². The molecule has 31 heavy (non-hydrogen) atoms. The molecule has 0 fully saturated rings. The molecule has 156 valence electrons. The Balaban J connectivity index is 1.46. The van der Waals surface area contributed by atoms with Crippen LogP contribution in [0.1, 0.15) is 23.4 Å². The highest BCUT2D eigenvalue weighted by atomic mass is 35.5. The first-order valence-corrected chi connectivity index (χ1v) is 11.2. The first-order valence-electron chi connectivity index (χ1n) is 10.0. The van der Waals surface area contributed by atoms with Crippen LogP contribution in [0.2, 0.25) is 4.34 Å². The van der Waals surface area contributed by atoms with E-state index >= 15 is 0 Å². The second-order valence-electron chi connectivity index (χ2n) is 7.39. The standard InChI is InChI=1S/C23H21ClN6S/c1-13-16(19-5-6-20(24)31-19)9-12-26-23(13)27-14(2)21-22-18(29-30-21)4-3-17(28-22)15-7-10-25-11-8-15/h3-7,9,12,25H,2,8,10-11H2,1H3,(H,26,27)(H,29,30). The molecule has 0 spiro atoms. The number of hydrogen-bond donors (Lipinski definition) is 3. The SMILES string of the molecule is C=C(Nc1nccc(-c2ccc(Cl)s2)c1C)c1n[nH]c2ccc(C3=CCNCC3)nc12. The maximum absolute atomic E-state index is 6.13. The molecule has 8 heteroatoms. The average molecular weight is 449 g/mol. The Morgan fingerprint density at radius 3 is 2.90 bits per heavy atom. The van der Waals surface area contributed by atoms with Gasteiger partial charge >= 0.3 is 0 Å². The number of anilines is 1. The van der Waals surface area contributed by atoms with Gasteiger partial charge in [0.15, 0.2) is 0 Å². The van der Waals surface area contributed by atoms with Gasteiger partial charge in [-0.2, -0.15) is 5.10 Å². The highest BCUT2D eigenvalue weighted by molar-refractivity contribution is 7.19. The minimum Gasteiger partial charge on any atom is -0.339 e. The van der Waals surface area contributed by atoms with E-state index in [1.807, 2.05) is 37.3 Å². The van der Waals surface area contributed by atoms with Crippen LogP contribution in [0.5, 0.6) is 0 Å².